The number of amides is 1. The molecule has 1 aliphatic rings. The zero-order valence-electron chi connectivity index (χ0n) is 17.2. The van der Waals surface area contributed by atoms with Gasteiger partial charge in [0.1, 0.15) is 4.90 Å². The summed E-state index contributed by atoms with van der Waals surface area (Å²) >= 11 is 0. The molecule has 0 aromatic carbocycles. The predicted octanol–water partition coefficient (Wildman–Crippen LogP) is 0.548. The molecule has 0 aliphatic carbocycles. The fourth-order valence-electron chi connectivity index (χ4n) is 3.40. The second-order valence-corrected chi connectivity index (χ2v) is 9.00. The van der Waals surface area contributed by atoms with Crippen LogP contribution in [0.2, 0.25) is 0 Å². The maximum atomic E-state index is 12.9. The van der Waals surface area contributed by atoms with Gasteiger partial charge in [-0.05, 0) is 25.7 Å². The Hall–Kier alpha value is -2.80. The van der Waals surface area contributed by atoms with E-state index < -0.39 is 14.9 Å². The smallest absolute Gasteiger partial charge is 0.358 e. The van der Waals surface area contributed by atoms with Crippen LogP contribution in [0.15, 0.2) is 17.2 Å². The van der Waals surface area contributed by atoms with Crippen LogP contribution < -0.4 is 0 Å². The molecule has 1 fully saturated rings. The summed E-state index contributed by atoms with van der Waals surface area (Å²) in [5, 5.41) is 18.9. The third-order valence-corrected chi connectivity index (χ3v) is 7.13. The van der Waals surface area contributed by atoms with Crippen molar-refractivity contribution >= 4 is 21.7 Å². The quantitative estimate of drug-likeness (QED) is 0.454. The third kappa shape index (κ3) is 4.36. The van der Waals surface area contributed by atoms with Crippen LogP contribution in [0.3, 0.4) is 0 Å². The molecule has 3 rings (SSSR count). The second-order valence-electron chi connectivity index (χ2n) is 7.09. The minimum atomic E-state index is -3.66. The minimum absolute atomic E-state index is 0.134. The Labute approximate surface area is 174 Å². The molecule has 2 aromatic heterocycles. The SMILES string of the molecule is CCn1cc(S(=O)(=O)N2CCN(C(=O)CCn3nc([N+](=O)[O-])cc3C)CC2)c(C)n1. The van der Waals surface area contributed by atoms with E-state index in [9.17, 15) is 23.3 Å². The van der Waals surface area contributed by atoms with E-state index in [0.717, 1.165) is 0 Å². The van der Waals surface area contributed by atoms with Gasteiger partial charge in [0.25, 0.3) is 0 Å². The molecule has 12 nitrogen and oxygen atoms in total. The van der Waals surface area contributed by atoms with E-state index in [1.165, 1.54) is 21.3 Å². The van der Waals surface area contributed by atoms with Crippen molar-refractivity contribution in [2.45, 2.75) is 45.2 Å². The summed E-state index contributed by atoms with van der Waals surface area (Å²) in [6.07, 6.45) is 1.67. The molecule has 0 radical (unpaired) electrons. The molecule has 30 heavy (non-hydrogen) atoms. The number of hydrogen-bond acceptors (Lipinski definition) is 7. The minimum Gasteiger partial charge on any atom is -0.358 e. The molecule has 0 N–H and O–H groups in total. The normalized spacial score (nSPS) is 15.5. The Morgan fingerprint density at radius 1 is 1.20 bits per heavy atom. The lowest BCUT2D eigenvalue weighted by molar-refractivity contribution is -0.389. The lowest BCUT2D eigenvalue weighted by Crippen LogP contribution is -2.50. The third-order valence-electron chi connectivity index (χ3n) is 5.13. The Kier molecular flexibility index (Phi) is 6.22. The van der Waals surface area contributed by atoms with Crippen molar-refractivity contribution < 1.29 is 18.1 Å². The molecule has 0 saturated carbocycles. The van der Waals surface area contributed by atoms with Gasteiger partial charge in [-0.15, -0.1) is 0 Å². The summed E-state index contributed by atoms with van der Waals surface area (Å²) in [6, 6.07) is 1.36. The number of aromatic nitrogens is 4. The second kappa shape index (κ2) is 8.52. The zero-order chi connectivity index (χ0) is 22.1. The van der Waals surface area contributed by atoms with Gasteiger partial charge in [-0.2, -0.15) is 14.1 Å². The number of nitrogens with zero attached hydrogens (tertiary/aromatic N) is 7. The summed E-state index contributed by atoms with van der Waals surface area (Å²) < 4.78 is 30.2. The number of piperazine rings is 1. The molecule has 1 amide bonds. The first-order valence-corrected chi connectivity index (χ1v) is 11.1. The number of rotatable bonds is 7. The van der Waals surface area contributed by atoms with Gasteiger partial charge in [-0.3, -0.25) is 9.48 Å². The molecule has 1 aliphatic heterocycles. The zero-order valence-corrected chi connectivity index (χ0v) is 18.0. The van der Waals surface area contributed by atoms with Crippen molar-refractivity contribution in [3.05, 3.63) is 33.8 Å². The number of hydrogen-bond donors (Lipinski definition) is 0. The Balaban J connectivity index is 1.57. The lowest BCUT2D eigenvalue weighted by atomic mass is 10.3. The summed E-state index contributed by atoms with van der Waals surface area (Å²) in [5.74, 6) is -0.389. The Morgan fingerprint density at radius 2 is 1.87 bits per heavy atom. The monoisotopic (exact) mass is 439 g/mol. The molecule has 2 aromatic rings. The Morgan fingerprint density at radius 3 is 2.40 bits per heavy atom. The molecule has 0 unspecified atom stereocenters. The summed E-state index contributed by atoms with van der Waals surface area (Å²) in [5.41, 5.74) is 1.06. The van der Waals surface area contributed by atoms with E-state index in [2.05, 4.69) is 10.2 Å². The molecule has 0 spiro atoms. The number of aryl methyl sites for hydroxylation is 4. The topological polar surface area (TPSA) is 136 Å². The number of carbonyl (C=O) groups is 1. The van der Waals surface area contributed by atoms with E-state index in [1.54, 1.807) is 23.4 Å². The van der Waals surface area contributed by atoms with Crippen molar-refractivity contribution in [1.29, 1.82) is 0 Å². The van der Waals surface area contributed by atoms with Crippen molar-refractivity contribution in [2.24, 2.45) is 0 Å². The molecule has 3 heterocycles. The first-order chi connectivity index (χ1) is 14.1. The Bertz CT molecular complexity index is 1050. The van der Waals surface area contributed by atoms with E-state index in [-0.39, 0.29) is 55.8 Å². The van der Waals surface area contributed by atoms with E-state index >= 15 is 0 Å². The van der Waals surface area contributed by atoms with Gasteiger partial charge in [-0.1, -0.05) is 0 Å². The summed E-state index contributed by atoms with van der Waals surface area (Å²) in [7, 11) is -3.66. The highest BCUT2D eigenvalue weighted by Gasteiger charge is 2.32. The van der Waals surface area contributed by atoms with Gasteiger partial charge >= 0.3 is 5.82 Å². The van der Waals surface area contributed by atoms with Gasteiger partial charge in [0.05, 0.1) is 29.1 Å². The van der Waals surface area contributed by atoms with Crippen molar-refractivity contribution in [3.63, 3.8) is 0 Å². The maximum Gasteiger partial charge on any atom is 0.390 e. The summed E-state index contributed by atoms with van der Waals surface area (Å²) in [6.45, 7) is 7.04. The average Bonchev–Trinajstić information content (AvgIpc) is 3.29. The van der Waals surface area contributed by atoms with Crippen molar-refractivity contribution in [3.8, 4) is 0 Å². The molecular formula is C17H25N7O5S. The largest absolute Gasteiger partial charge is 0.390 e. The molecule has 0 bridgehead atoms. The first kappa shape index (κ1) is 21.9. The van der Waals surface area contributed by atoms with E-state index in [0.29, 0.717) is 17.9 Å². The number of nitro groups is 1. The fraction of sp³-hybridized carbons (Fsp3) is 0.588. The summed E-state index contributed by atoms with van der Waals surface area (Å²) in [4.78, 5) is 24.6. The highest BCUT2D eigenvalue weighted by molar-refractivity contribution is 7.89. The highest BCUT2D eigenvalue weighted by Crippen LogP contribution is 2.21. The molecule has 13 heteroatoms. The number of sulfonamides is 1. The first-order valence-electron chi connectivity index (χ1n) is 9.64. The van der Waals surface area contributed by atoms with Gasteiger partial charge in [0.2, 0.25) is 15.9 Å². The van der Waals surface area contributed by atoms with Crippen molar-refractivity contribution in [1.82, 2.24) is 28.8 Å². The van der Waals surface area contributed by atoms with E-state index in [4.69, 9.17) is 0 Å². The number of carbonyl (C=O) groups excluding carboxylic acids is 1. The predicted molar refractivity (Wildman–Crippen MR) is 106 cm³/mol. The van der Waals surface area contributed by atoms with Gasteiger partial charge in [0.15, 0.2) is 0 Å². The van der Waals surface area contributed by atoms with Crippen LogP contribution in [-0.2, 0) is 27.9 Å². The van der Waals surface area contributed by atoms with Crippen LogP contribution in [-0.4, -0.2) is 74.2 Å². The molecule has 0 atom stereocenters. The maximum absolute atomic E-state index is 12.9. The standard InChI is InChI=1S/C17H25N7O5S/c1-4-21-12-15(14(3)18-21)30(28,29)22-9-7-20(8-10-22)17(25)5-6-23-13(2)11-16(19-23)24(26)27/h11-12H,4-10H2,1-3H3. The molecule has 1 saturated heterocycles. The fourth-order valence-corrected chi connectivity index (χ4v) is 4.99. The average molecular weight is 439 g/mol. The lowest BCUT2D eigenvalue weighted by Gasteiger charge is -2.33. The van der Waals surface area contributed by atoms with Gasteiger partial charge < -0.3 is 15.0 Å². The van der Waals surface area contributed by atoms with Crippen LogP contribution in [0.4, 0.5) is 5.82 Å². The van der Waals surface area contributed by atoms with Gasteiger partial charge in [0, 0.05) is 45.3 Å². The van der Waals surface area contributed by atoms with Crippen LogP contribution in [0.1, 0.15) is 24.7 Å². The highest BCUT2D eigenvalue weighted by atomic mass is 32.2. The van der Waals surface area contributed by atoms with Gasteiger partial charge in [-0.25, -0.2) is 8.42 Å². The van der Waals surface area contributed by atoms with Crippen molar-refractivity contribution in [2.75, 3.05) is 26.2 Å². The van der Waals surface area contributed by atoms with Crippen LogP contribution >= 0.6 is 0 Å². The molecular weight excluding hydrogens is 414 g/mol. The van der Waals surface area contributed by atoms with Crippen LogP contribution in [0, 0.1) is 24.0 Å². The molecule has 164 valence electrons. The van der Waals surface area contributed by atoms with Crippen LogP contribution in [0.5, 0.6) is 0 Å². The van der Waals surface area contributed by atoms with E-state index in [1.807, 2.05) is 6.92 Å². The van der Waals surface area contributed by atoms with Crippen LogP contribution in [0.25, 0.3) is 0 Å².